The summed E-state index contributed by atoms with van der Waals surface area (Å²) in [5, 5.41) is 0.869. The fourth-order valence-corrected chi connectivity index (χ4v) is 2.16. The number of aldehydes is 1. The Morgan fingerprint density at radius 3 is 2.76 bits per heavy atom. The number of ether oxygens (including phenoxy) is 2. The van der Waals surface area contributed by atoms with Crippen molar-refractivity contribution in [2.24, 2.45) is 0 Å². The van der Waals surface area contributed by atoms with Gasteiger partial charge in [-0.3, -0.25) is 4.79 Å². The monoisotopic (exact) mass is 287 g/mol. The Labute approximate surface area is 122 Å². The van der Waals surface area contributed by atoms with Crippen LogP contribution in [0, 0.1) is 0 Å². The minimum atomic E-state index is -0.454. The molecule has 5 heteroatoms. The van der Waals surface area contributed by atoms with Crippen LogP contribution < -0.4 is 4.74 Å². The molecule has 2 aromatic rings. The van der Waals surface area contributed by atoms with Gasteiger partial charge in [0.2, 0.25) is 0 Å². The van der Waals surface area contributed by atoms with Crippen LogP contribution in [0.1, 0.15) is 17.4 Å². The van der Waals surface area contributed by atoms with Crippen LogP contribution in [0.15, 0.2) is 36.4 Å². The van der Waals surface area contributed by atoms with Crippen molar-refractivity contribution in [3.8, 4) is 5.75 Å². The first-order valence-corrected chi connectivity index (χ1v) is 6.58. The van der Waals surface area contributed by atoms with Gasteiger partial charge in [0, 0.05) is 16.5 Å². The van der Waals surface area contributed by atoms with E-state index in [1.807, 2.05) is 12.1 Å². The molecule has 5 nitrogen and oxygen atoms in total. The molecule has 0 bridgehead atoms. The lowest BCUT2D eigenvalue weighted by Gasteiger charge is -2.10. The van der Waals surface area contributed by atoms with Gasteiger partial charge in [-0.05, 0) is 31.2 Å². The largest absolute Gasteiger partial charge is 0.497 e. The lowest BCUT2D eigenvalue weighted by atomic mass is 10.2. The van der Waals surface area contributed by atoms with E-state index in [0.717, 1.165) is 17.2 Å². The summed E-state index contributed by atoms with van der Waals surface area (Å²) < 4.78 is 11.8. The fraction of sp³-hybridized carbons (Fsp3) is 0.250. The second-order valence-electron chi connectivity index (χ2n) is 4.52. The molecule has 0 saturated carbocycles. The highest BCUT2D eigenvalue weighted by Gasteiger charge is 2.14. The highest BCUT2D eigenvalue weighted by molar-refractivity contribution is 5.91. The van der Waals surface area contributed by atoms with E-state index in [4.69, 9.17) is 9.47 Å². The van der Waals surface area contributed by atoms with Gasteiger partial charge in [0.05, 0.1) is 26.0 Å². The van der Waals surface area contributed by atoms with Crippen LogP contribution in [-0.4, -0.2) is 30.5 Å². The molecule has 1 heterocycles. The van der Waals surface area contributed by atoms with Gasteiger partial charge in [-0.1, -0.05) is 6.58 Å². The van der Waals surface area contributed by atoms with Gasteiger partial charge in [0.15, 0.2) is 6.29 Å². The van der Waals surface area contributed by atoms with Crippen molar-refractivity contribution >= 4 is 23.2 Å². The van der Waals surface area contributed by atoms with Gasteiger partial charge in [-0.25, -0.2) is 4.79 Å². The van der Waals surface area contributed by atoms with Gasteiger partial charge in [0.25, 0.3) is 0 Å². The molecule has 0 fully saturated rings. The maximum Gasteiger partial charge on any atom is 0.335 e. The summed E-state index contributed by atoms with van der Waals surface area (Å²) in [6.45, 7) is 5.97. The van der Waals surface area contributed by atoms with E-state index >= 15 is 0 Å². The zero-order valence-corrected chi connectivity index (χ0v) is 12.1. The van der Waals surface area contributed by atoms with E-state index in [1.54, 1.807) is 30.7 Å². The van der Waals surface area contributed by atoms with Crippen LogP contribution in [0.4, 0.5) is 0 Å². The van der Waals surface area contributed by atoms with Crippen LogP contribution in [-0.2, 0) is 16.1 Å². The standard InChI is InChI=1S/C16H17NO4/c1-4-21-16(19)11(2)9-17-13(10-18)7-12-8-14(20-3)5-6-15(12)17/h5-8,10H,2,4,9H2,1,3H3. The number of esters is 1. The third kappa shape index (κ3) is 2.97. The van der Waals surface area contributed by atoms with Gasteiger partial charge in [-0.15, -0.1) is 0 Å². The van der Waals surface area contributed by atoms with E-state index in [-0.39, 0.29) is 6.54 Å². The summed E-state index contributed by atoms with van der Waals surface area (Å²) in [6, 6.07) is 7.25. The van der Waals surface area contributed by atoms with E-state index in [9.17, 15) is 9.59 Å². The normalized spacial score (nSPS) is 10.4. The van der Waals surface area contributed by atoms with E-state index in [0.29, 0.717) is 23.6 Å². The number of fused-ring (bicyclic) bond motifs is 1. The molecule has 0 N–H and O–H groups in total. The minimum absolute atomic E-state index is 0.211. The number of methoxy groups -OCH3 is 1. The Hall–Kier alpha value is -2.56. The van der Waals surface area contributed by atoms with Gasteiger partial charge in [0.1, 0.15) is 5.75 Å². The number of rotatable bonds is 6. The lowest BCUT2D eigenvalue weighted by Crippen LogP contribution is -2.13. The summed E-state index contributed by atoms with van der Waals surface area (Å²) in [4.78, 5) is 22.9. The Morgan fingerprint density at radius 1 is 1.38 bits per heavy atom. The lowest BCUT2D eigenvalue weighted by molar-refractivity contribution is -0.138. The third-order valence-corrected chi connectivity index (χ3v) is 3.17. The molecule has 1 aromatic carbocycles. The zero-order valence-electron chi connectivity index (χ0n) is 12.1. The van der Waals surface area contributed by atoms with Crippen molar-refractivity contribution in [2.75, 3.05) is 13.7 Å². The molecule has 0 aliphatic heterocycles. The summed E-state index contributed by atoms with van der Waals surface area (Å²) in [5.74, 6) is 0.256. The highest BCUT2D eigenvalue weighted by Crippen LogP contribution is 2.24. The maximum atomic E-state index is 11.7. The smallest absolute Gasteiger partial charge is 0.335 e. The molecule has 0 aliphatic carbocycles. The van der Waals surface area contributed by atoms with Crippen molar-refractivity contribution in [3.05, 3.63) is 42.1 Å². The predicted molar refractivity (Wildman–Crippen MR) is 79.7 cm³/mol. The molecular weight excluding hydrogens is 270 g/mol. The summed E-state index contributed by atoms with van der Waals surface area (Å²) in [7, 11) is 1.58. The van der Waals surface area contributed by atoms with Gasteiger partial charge in [-0.2, -0.15) is 0 Å². The predicted octanol–water partition coefficient (Wildman–Crippen LogP) is 2.58. The first kappa shape index (κ1) is 14.8. The first-order chi connectivity index (χ1) is 10.1. The molecule has 0 aliphatic rings. The van der Waals surface area contributed by atoms with Gasteiger partial charge < -0.3 is 14.0 Å². The third-order valence-electron chi connectivity index (χ3n) is 3.17. The first-order valence-electron chi connectivity index (χ1n) is 6.58. The average Bonchev–Trinajstić information content (AvgIpc) is 2.84. The van der Waals surface area contributed by atoms with E-state index in [2.05, 4.69) is 6.58 Å². The molecule has 0 unspecified atom stereocenters. The number of nitrogens with zero attached hydrogens (tertiary/aromatic N) is 1. The molecule has 0 atom stereocenters. The molecule has 0 saturated heterocycles. The van der Waals surface area contributed by atoms with Crippen molar-refractivity contribution in [3.63, 3.8) is 0 Å². The summed E-state index contributed by atoms with van der Waals surface area (Å²) in [5.41, 5.74) is 1.61. The SMILES string of the molecule is C=C(Cn1c(C=O)cc2cc(OC)ccc21)C(=O)OCC. The van der Waals surface area contributed by atoms with E-state index < -0.39 is 5.97 Å². The average molecular weight is 287 g/mol. The molecular formula is C16H17NO4. The number of benzene rings is 1. The molecule has 0 spiro atoms. The Balaban J connectivity index is 2.40. The minimum Gasteiger partial charge on any atom is -0.497 e. The fourth-order valence-electron chi connectivity index (χ4n) is 2.16. The highest BCUT2D eigenvalue weighted by atomic mass is 16.5. The number of hydrogen-bond donors (Lipinski definition) is 0. The second-order valence-corrected chi connectivity index (χ2v) is 4.52. The summed E-state index contributed by atoms with van der Waals surface area (Å²) >= 11 is 0. The summed E-state index contributed by atoms with van der Waals surface area (Å²) in [6.07, 6.45) is 0.755. The van der Waals surface area contributed by atoms with Crippen LogP contribution in [0.3, 0.4) is 0 Å². The molecule has 2 rings (SSSR count). The van der Waals surface area contributed by atoms with Crippen LogP contribution in [0.25, 0.3) is 10.9 Å². The molecule has 110 valence electrons. The topological polar surface area (TPSA) is 57.5 Å². The number of carbonyl (C=O) groups excluding carboxylic acids is 2. The maximum absolute atomic E-state index is 11.7. The van der Waals surface area contributed by atoms with Crippen LogP contribution in [0.5, 0.6) is 5.75 Å². The molecule has 0 amide bonds. The quantitative estimate of drug-likeness (QED) is 0.465. The molecule has 21 heavy (non-hydrogen) atoms. The Morgan fingerprint density at radius 2 is 2.14 bits per heavy atom. The van der Waals surface area contributed by atoms with Crippen molar-refractivity contribution in [1.82, 2.24) is 4.57 Å². The van der Waals surface area contributed by atoms with Crippen LogP contribution >= 0.6 is 0 Å². The zero-order chi connectivity index (χ0) is 15.4. The van der Waals surface area contributed by atoms with E-state index in [1.165, 1.54) is 0 Å². The Kier molecular flexibility index (Phi) is 4.42. The van der Waals surface area contributed by atoms with Crippen molar-refractivity contribution in [2.45, 2.75) is 13.5 Å². The second kappa shape index (κ2) is 6.26. The number of hydrogen-bond acceptors (Lipinski definition) is 4. The molecule has 1 aromatic heterocycles. The van der Waals surface area contributed by atoms with Crippen LogP contribution in [0.2, 0.25) is 0 Å². The molecule has 0 radical (unpaired) electrons. The Bertz CT molecular complexity index is 700. The number of aromatic nitrogens is 1. The van der Waals surface area contributed by atoms with Crippen molar-refractivity contribution < 1.29 is 19.1 Å². The number of carbonyl (C=O) groups is 2. The van der Waals surface area contributed by atoms with Crippen molar-refractivity contribution in [1.29, 1.82) is 0 Å². The van der Waals surface area contributed by atoms with Gasteiger partial charge >= 0.3 is 5.97 Å².